The van der Waals surface area contributed by atoms with E-state index in [1.54, 1.807) is 18.2 Å². The maximum atomic E-state index is 13.1. The topological polar surface area (TPSA) is 49.4 Å². The second-order valence-electron chi connectivity index (χ2n) is 4.57. The third kappa shape index (κ3) is 3.53. The van der Waals surface area contributed by atoms with Crippen molar-refractivity contribution in [3.05, 3.63) is 53.3 Å². The van der Waals surface area contributed by atoms with Crippen molar-refractivity contribution in [2.45, 2.75) is 4.90 Å². The van der Waals surface area contributed by atoms with Crippen molar-refractivity contribution in [3.63, 3.8) is 0 Å². The molecule has 0 spiro atoms. The fourth-order valence-electron chi connectivity index (χ4n) is 1.66. The minimum absolute atomic E-state index is 0.0202. The third-order valence-electron chi connectivity index (χ3n) is 2.84. The molecule has 2 aromatic rings. The molecule has 0 bridgehead atoms. The molecular formula is C14H14ClFN2O2S. The molecule has 112 valence electrons. The van der Waals surface area contributed by atoms with Gasteiger partial charge in [0.2, 0.25) is 10.0 Å². The van der Waals surface area contributed by atoms with E-state index in [2.05, 4.69) is 5.32 Å². The molecule has 0 saturated heterocycles. The van der Waals surface area contributed by atoms with Gasteiger partial charge in [-0.2, -0.15) is 0 Å². The van der Waals surface area contributed by atoms with E-state index in [1.807, 2.05) is 0 Å². The van der Waals surface area contributed by atoms with Gasteiger partial charge in [0.15, 0.2) is 0 Å². The first-order valence-electron chi connectivity index (χ1n) is 6.05. The Labute approximate surface area is 128 Å². The second-order valence-corrected chi connectivity index (χ2v) is 7.12. The summed E-state index contributed by atoms with van der Waals surface area (Å²) in [5.41, 5.74) is 1.29. The van der Waals surface area contributed by atoms with Crippen molar-refractivity contribution in [2.24, 2.45) is 0 Å². The van der Waals surface area contributed by atoms with Gasteiger partial charge in [0, 0.05) is 25.5 Å². The van der Waals surface area contributed by atoms with Crippen molar-refractivity contribution in [3.8, 4) is 0 Å². The Morgan fingerprint density at radius 2 is 1.62 bits per heavy atom. The molecule has 1 N–H and O–H groups in total. The Kier molecular flexibility index (Phi) is 4.51. The minimum atomic E-state index is -3.44. The van der Waals surface area contributed by atoms with Crippen LogP contribution in [0.3, 0.4) is 0 Å². The van der Waals surface area contributed by atoms with Gasteiger partial charge in [-0.3, -0.25) is 0 Å². The highest BCUT2D eigenvalue weighted by atomic mass is 35.5. The zero-order chi connectivity index (χ0) is 15.6. The van der Waals surface area contributed by atoms with Gasteiger partial charge in [0.05, 0.1) is 9.92 Å². The SMILES string of the molecule is CN(C)S(=O)(=O)c1ccc(Nc2ccc(F)c(Cl)c2)cc1. The Morgan fingerprint density at radius 3 is 2.14 bits per heavy atom. The zero-order valence-corrected chi connectivity index (χ0v) is 13.0. The van der Waals surface area contributed by atoms with Gasteiger partial charge in [-0.05, 0) is 42.5 Å². The lowest BCUT2D eigenvalue weighted by atomic mass is 10.2. The summed E-state index contributed by atoms with van der Waals surface area (Å²) in [7, 11) is -0.496. The fraction of sp³-hybridized carbons (Fsp3) is 0.143. The Hall–Kier alpha value is -1.63. The number of nitrogens with one attached hydrogen (secondary N) is 1. The molecule has 0 aliphatic heterocycles. The average molecular weight is 329 g/mol. The van der Waals surface area contributed by atoms with E-state index in [0.717, 1.165) is 4.31 Å². The molecule has 0 saturated carbocycles. The van der Waals surface area contributed by atoms with Gasteiger partial charge in [-0.25, -0.2) is 17.1 Å². The highest BCUT2D eigenvalue weighted by molar-refractivity contribution is 7.89. The monoisotopic (exact) mass is 328 g/mol. The number of halogens is 2. The number of nitrogens with zero attached hydrogens (tertiary/aromatic N) is 1. The van der Waals surface area contributed by atoms with E-state index in [9.17, 15) is 12.8 Å². The first-order chi connectivity index (χ1) is 9.80. The van der Waals surface area contributed by atoms with Crippen molar-refractivity contribution in [1.29, 1.82) is 0 Å². The molecule has 0 aliphatic rings. The molecule has 0 amide bonds. The highest BCUT2D eigenvalue weighted by Crippen LogP contribution is 2.24. The summed E-state index contributed by atoms with van der Waals surface area (Å²) in [4.78, 5) is 0.204. The zero-order valence-electron chi connectivity index (χ0n) is 11.5. The standard InChI is InChI=1S/C14H14ClFN2O2S/c1-18(2)21(19,20)12-6-3-10(4-7-12)17-11-5-8-14(16)13(15)9-11/h3-9,17H,1-2H3. The number of anilines is 2. The van der Waals surface area contributed by atoms with Crippen molar-refractivity contribution in [1.82, 2.24) is 4.31 Å². The van der Waals surface area contributed by atoms with Crippen molar-refractivity contribution in [2.75, 3.05) is 19.4 Å². The predicted octanol–water partition coefficient (Wildman–Crippen LogP) is 3.47. The molecule has 21 heavy (non-hydrogen) atoms. The summed E-state index contributed by atoms with van der Waals surface area (Å²) in [5, 5.41) is 3.04. The van der Waals surface area contributed by atoms with Crippen LogP contribution in [-0.4, -0.2) is 26.8 Å². The summed E-state index contributed by atoms with van der Waals surface area (Å²) in [6, 6.07) is 10.5. The number of sulfonamides is 1. The maximum Gasteiger partial charge on any atom is 0.242 e. The third-order valence-corrected chi connectivity index (χ3v) is 4.96. The normalized spacial score (nSPS) is 11.7. The van der Waals surface area contributed by atoms with Crippen molar-refractivity contribution < 1.29 is 12.8 Å². The molecule has 7 heteroatoms. The van der Waals surface area contributed by atoms with Gasteiger partial charge in [0.1, 0.15) is 5.82 Å². The number of hydrogen-bond donors (Lipinski definition) is 1. The molecule has 2 rings (SSSR count). The summed E-state index contributed by atoms with van der Waals surface area (Å²) in [6.07, 6.45) is 0. The molecular weight excluding hydrogens is 315 g/mol. The van der Waals surface area contributed by atoms with Crippen LogP contribution in [0, 0.1) is 5.82 Å². The largest absolute Gasteiger partial charge is 0.355 e. The minimum Gasteiger partial charge on any atom is -0.355 e. The summed E-state index contributed by atoms with van der Waals surface area (Å²) >= 11 is 5.70. The molecule has 0 heterocycles. The van der Waals surface area contributed by atoms with Gasteiger partial charge in [-0.15, -0.1) is 0 Å². The van der Waals surface area contributed by atoms with E-state index in [4.69, 9.17) is 11.6 Å². The highest BCUT2D eigenvalue weighted by Gasteiger charge is 2.16. The Morgan fingerprint density at radius 1 is 1.05 bits per heavy atom. The maximum absolute atomic E-state index is 13.1. The van der Waals surface area contributed by atoms with E-state index in [0.29, 0.717) is 11.4 Å². The van der Waals surface area contributed by atoms with Crippen LogP contribution in [0.4, 0.5) is 15.8 Å². The first-order valence-corrected chi connectivity index (χ1v) is 7.87. The lowest BCUT2D eigenvalue weighted by Crippen LogP contribution is -2.22. The average Bonchev–Trinajstić information content (AvgIpc) is 2.43. The fourth-order valence-corrected chi connectivity index (χ4v) is 2.74. The van der Waals surface area contributed by atoms with Crippen LogP contribution in [0.2, 0.25) is 5.02 Å². The Bertz CT molecular complexity index is 746. The van der Waals surface area contributed by atoms with Crippen LogP contribution in [0.1, 0.15) is 0 Å². The first kappa shape index (κ1) is 15.8. The quantitative estimate of drug-likeness (QED) is 0.935. The molecule has 0 fully saturated rings. The molecule has 2 aromatic carbocycles. The second kappa shape index (κ2) is 6.01. The van der Waals surface area contributed by atoms with Crippen molar-refractivity contribution >= 4 is 33.0 Å². The number of benzene rings is 2. The molecule has 0 unspecified atom stereocenters. The molecule has 0 atom stereocenters. The summed E-state index contributed by atoms with van der Waals surface area (Å²) in [6.45, 7) is 0. The van der Waals surface area contributed by atoms with Crippen LogP contribution in [-0.2, 0) is 10.0 Å². The molecule has 0 aromatic heterocycles. The van der Waals surface area contributed by atoms with Crippen LogP contribution < -0.4 is 5.32 Å². The van der Waals surface area contributed by atoms with Crippen LogP contribution in [0.5, 0.6) is 0 Å². The molecule has 4 nitrogen and oxygen atoms in total. The Balaban J connectivity index is 2.22. The summed E-state index contributed by atoms with van der Waals surface area (Å²) in [5.74, 6) is -0.491. The summed E-state index contributed by atoms with van der Waals surface area (Å²) < 4.78 is 38.1. The van der Waals surface area contributed by atoms with Gasteiger partial charge in [-0.1, -0.05) is 11.6 Å². The van der Waals surface area contributed by atoms with E-state index in [1.165, 1.54) is 38.4 Å². The smallest absolute Gasteiger partial charge is 0.242 e. The van der Waals surface area contributed by atoms with E-state index < -0.39 is 15.8 Å². The van der Waals surface area contributed by atoms with Gasteiger partial charge in [0.25, 0.3) is 0 Å². The van der Waals surface area contributed by atoms with Gasteiger partial charge >= 0.3 is 0 Å². The van der Waals surface area contributed by atoms with Crippen LogP contribution >= 0.6 is 11.6 Å². The number of rotatable bonds is 4. The van der Waals surface area contributed by atoms with E-state index in [-0.39, 0.29) is 9.92 Å². The van der Waals surface area contributed by atoms with Gasteiger partial charge < -0.3 is 5.32 Å². The lowest BCUT2D eigenvalue weighted by Gasteiger charge is -2.12. The van der Waals surface area contributed by atoms with Crippen LogP contribution in [0.25, 0.3) is 0 Å². The lowest BCUT2D eigenvalue weighted by molar-refractivity contribution is 0.521. The van der Waals surface area contributed by atoms with E-state index >= 15 is 0 Å². The van der Waals surface area contributed by atoms with Crippen LogP contribution in [0.15, 0.2) is 47.4 Å². The number of hydrogen-bond acceptors (Lipinski definition) is 3. The molecule has 0 aliphatic carbocycles. The molecule has 0 radical (unpaired) electrons. The predicted molar refractivity (Wildman–Crippen MR) is 82.0 cm³/mol.